The zero-order valence-electron chi connectivity index (χ0n) is 13.7. The van der Waals surface area contributed by atoms with Crippen LogP contribution in [0, 0.1) is 10.1 Å². The van der Waals surface area contributed by atoms with Gasteiger partial charge in [-0.25, -0.2) is 0 Å². The van der Waals surface area contributed by atoms with Crippen LogP contribution in [0.2, 0.25) is 0 Å². The second-order valence-corrected chi connectivity index (χ2v) is 5.93. The van der Waals surface area contributed by atoms with Gasteiger partial charge in [0.05, 0.1) is 4.92 Å². The molecule has 0 fully saturated rings. The number of nitro benzene ring substituents is 1. The molecule has 0 bridgehead atoms. The number of aromatic nitrogens is 2. The molecule has 0 aliphatic rings. The summed E-state index contributed by atoms with van der Waals surface area (Å²) in [6, 6.07) is 12.3. The fraction of sp³-hybridized carbons (Fsp3) is 0.118. The Bertz CT molecular complexity index is 940. The maximum absolute atomic E-state index is 12.2. The second kappa shape index (κ2) is 7.70. The lowest BCUT2D eigenvalue weighted by Crippen LogP contribution is -2.11. The molecule has 1 N–H and O–H groups in total. The van der Waals surface area contributed by atoms with E-state index >= 15 is 0 Å². The molecule has 1 aromatic heterocycles. The van der Waals surface area contributed by atoms with Gasteiger partial charge < -0.3 is 10.1 Å². The van der Waals surface area contributed by atoms with E-state index in [1.807, 2.05) is 6.92 Å². The molecule has 3 aromatic rings. The Morgan fingerprint density at radius 1 is 1.27 bits per heavy atom. The minimum atomic E-state index is -0.541. The highest BCUT2D eigenvalue weighted by molar-refractivity contribution is 7.07. The Kier molecular flexibility index (Phi) is 5.18. The summed E-state index contributed by atoms with van der Waals surface area (Å²) in [5.74, 6) is 0.863. The van der Waals surface area contributed by atoms with Crippen molar-refractivity contribution in [2.45, 2.75) is 13.3 Å². The van der Waals surface area contributed by atoms with Crippen LogP contribution < -0.4 is 10.1 Å². The number of nitro groups is 1. The summed E-state index contributed by atoms with van der Waals surface area (Å²) in [4.78, 5) is 26.7. The summed E-state index contributed by atoms with van der Waals surface area (Å²) < 4.78 is 9.75. The molecule has 0 atom stereocenters. The molecule has 0 saturated heterocycles. The standard InChI is InChI=1S/C17H14N4O4S/c1-2-15-19-17(26-20-15)25-14-8-6-12(7-9-14)18-16(22)11-4-3-5-13(10-11)21(23)24/h3-10H,2H2,1H3,(H,18,22). The minimum absolute atomic E-state index is 0.134. The largest absolute Gasteiger partial charge is 0.430 e. The van der Waals surface area contributed by atoms with Gasteiger partial charge in [0.25, 0.3) is 16.8 Å². The molecule has 1 heterocycles. The van der Waals surface area contributed by atoms with Crippen molar-refractivity contribution >= 4 is 28.8 Å². The third-order valence-corrected chi connectivity index (χ3v) is 4.04. The number of nitrogens with one attached hydrogen (secondary N) is 1. The number of benzene rings is 2. The van der Waals surface area contributed by atoms with E-state index in [0.29, 0.717) is 16.6 Å². The number of rotatable bonds is 6. The molecule has 9 heteroatoms. The molecule has 1 amide bonds. The van der Waals surface area contributed by atoms with Crippen molar-refractivity contribution in [3.8, 4) is 10.9 Å². The molecule has 0 radical (unpaired) electrons. The van der Waals surface area contributed by atoms with Crippen molar-refractivity contribution in [3.63, 3.8) is 0 Å². The van der Waals surface area contributed by atoms with E-state index < -0.39 is 10.8 Å². The molecule has 0 spiro atoms. The van der Waals surface area contributed by atoms with Crippen LogP contribution in [-0.2, 0) is 6.42 Å². The molecular formula is C17H14N4O4S. The monoisotopic (exact) mass is 370 g/mol. The zero-order valence-corrected chi connectivity index (χ0v) is 14.5. The second-order valence-electron chi connectivity index (χ2n) is 5.22. The molecule has 0 aliphatic heterocycles. The van der Waals surface area contributed by atoms with Gasteiger partial charge in [-0.15, -0.1) is 0 Å². The summed E-state index contributed by atoms with van der Waals surface area (Å²) >= 11 is 1.18. The molecule has 132 valence electrons. The number of hydrogen-bond acceptors (Lipinski definition) is 7. The van der Waals surface area contributed by atoms with Crippen LogP contribution in [0.15, 0.2) is 48.5 Å². The Morgan fingerprint density at radius 2 is 2.04 bits per heavy atom. The quantitative estimate of drug-likeness (QED) is 0.518. The van der Waals surface area contributed by atoms with Crippen LogP contribution in [0.25, 0.3) is 0 Å². The average molecular weight is 370 g/mol. The van der Waals surface area contributed by atoms with Gasteiger partial charge in [-0.05, 0) is 30.3 Å². The molecule has 0 aliphatic carbocycles. The number of hydrogen-bond donors (Lipinski definition) is 1. The number of carbonyl (C=O) groups is 1. The fourth-order valence-electron chi connectivity index (χ4n) is 2.09. The van der Waals surface area contributed by atoms with Gasteiger partial charge >= 0.3 is 0 Å². The Hall–Kier alpha value is -3.33. The molecule has 0 saturated carbocycles. The van der Waals surface area contributed by atoms with Crippen molar-refractivity contribution in [1.82, 2.24) is 9.36 Å². The molecule has 3 rings (SSSR count). The molecule has 26 heavy (non-hydrogen) atoms. The van der Waals surface area contributed by atoms with Gasteiger partial charge in [0.1, 0.15) is 11.6 Å². The molecular weight excluding hydrogens is 356 g/mol. The number of ether oxygens (including phenoxy) is 1. The van der Waals surface area contributed by atoms with Crippen LogP contribution >= 0.6 is 11.5 Å². The lowest BCUT2D eigenvalue weighted by Gasteiger charge is -2.06. The topological polar surface area (TPSA) is 107 Å². The van der Waals surface area contributed by atoms with Crippen LogP contribution in [0.4, 0.5) is 11.4 Å². The van der Waals surface area contributed by atoms with Crippen molar-refractivity contribution in [2.75, 3.05) is 5.32 Å². The van der Waals surface area contributed by atoms with E-state index in [4.69, 9.17) is 4.74 Å². The highest BCUT2D eigenvalue weighted by Gasteiger charge is 2.12. The van der Waals surface area contributed by atoms with Crippen LogP contribution in [0.3, 0.4) is 0 Å². The van der Waals surface area contributed by atoms with E-state index in [0.717, 1.165) is 12.2 Å². The lowest BCUT2D eigenvalue weighted by molar-refractivity contribution is -0.384. The number of nitrogens with zero attached hydrogens (tertiary/aromatic N) is 3. The first kappa shape index (κ1) is 17.5. The summed E-state index contributed by atoms with van der Waals surface area (Å²) in [5, 5.41) is 13.9. The number of anilines is 1. The van der Waals surface area contributed by atoms with Crippen molar-refractivity contribution < 1.29 is 14.5 Å². The van der Waals surface area contributed by atoms with Crippen LogP contribution in [0.5, 0.6) is 10.9 Å². The maximum atomic E-state index is 12.2. The van der Waals surface area contributed by atoms with Crippen LogP contribution in [-0.4, -0.2) is 20.2 Å². The Labute approximate surface area is 152 Å². The van der Waals surface area contributed by atoms with Crippen molar-refractivity contribution in [1.29, 1.82) is 0 Å². The van der Waals surface area contributed by atoms with E-state index in [1.165, 1.54) is 35.8 Å². The van der Waals surface area contributed by atoms with Crippen molar-refractivity contribution in [2.24, 2.45) is 0 Å². The van der Waals surface area contributed by atoms with Gasteiger partial charge in [0.2, 0.25) is 0 Å². The van der Waals surface area contributed by atoms with Crippen molar-refractivity contribution in [3.05, 3.63) is 70.0 Å². The first-order chi connectivity index (χ1) is 12.5. The summed E-state index contributed by atoms with van der Waals surface area (Å²) in [6.45, 7) is 1.96. The third-order valence-electron chi connectivity index (χ3n) is 3.40. The first-order valence-electron chi connectivity index (χ1n) is 7.71. The van der Waals surface area contributed by atoms with Gasteiger partial charge in [-0.1, -0.05) is 13.0 Å². The summed E-state index contributed by atoms with van der Waals surface area (Å²) in [5.41, 5.74) is 0.616. The Morgan fingerprint density at radius 3 is 2.69 bits per heavy atom. The highest BCUT2D eigenvalue weighted by Crippen LogP contribution is 2.25. The third kappa shape index (κ3) is 4.19. The van der Waals surface area contributed by atoms with Gasteiger partial charge in [0.15, 0.2) is 0 Å². The number of carbonyl (C=O) groups excluding carboxylic acids is 1. The van der Waals surface area contributed by atoms with Gasteiger partial charge in [0, 0.05) is 41.3 Å². The maximum Gasteiger partial charge on any atom is 0.298 e. The molecule has 8 nitrogen and oxygen atoms in total. The highest BCUT2D eigenvalue weighted by atomic mass is 32.1. The lowest BCUT2D eigenvalue weighted by atomic mass is 10.2. The SMILES string of the molecule is CCc1nsc(Oc2ccc(NC(=O)c3cccc([N+](=O)[O-])c3)cc2)n1. The number of aryl methyl sites for hydroxylation is 1. The van der Waals surface area contributed by atoms with Gasteiger partial charge in [-0.3, -0.25) is 14.9 Å². The van der Waals surface area contributed by atoms with E-state index in [1.54, 1.807) is 24.3 Å². The van der Waals surface area contributed by atoms with E-state index in [9.17, 15) is 14.9 Å². The summed E-state index contributed by atoms with van der Waals surface area (Å²) in [6.07, 6.45) is 0.739. The molecule has 2 aromatic carbocycles. The number of amides is 1. The Balaban J connectivity index is 1.66. The van der Waals surface area contributed by atoms with E-state index in [2.05, 4.69) is 14.7 Å². The fourth-order valence-corrected chi connectivity index (χ4v) is 2.73. The number of non-ortho nitro benzene ring substituents is 1. The average Bonchev–Trinajstić information content (AvgIpc) is 3.11. The smallest absolute Gasteiger partial charge is 0.298 e. The minimum Gasteiger partial charge on any atom is -0.430 e. The first-order valence-corrected chi connectivity index (χ1v) is 8.49. The van der Waals surface area contributed by atoms with Crippen LogP contribution in [0.1, 0.15) is 23.1 Å². The summed E-state index contributed by atoms with van der Waals surface area (Å²) in [7, 11) is 0. The predicted molar refractivity (Wildman–Crippen MR) is 96.9 cm³/mol. The predicted octanol–water partition coefficient (Wildman–Crippen LogP) is 4.05. The van der Waals surface area contributed by atoms with Gasteiger partial charge in [-0.2, -0.15) is 9.36 Å². The zero-order chi connectivity index (χ0) is 18.5. The molecule has 0 unspecified atom stereocenters. The normalized spacial score (nSPS) is 10.3. The van der Waals surface area contributed by atoms with E-state index in [-0.39, 0.29) is 11.3 Å².